The van der Waals surface area contributed by atoms with Crippen molar-refractivity contribution in [1.29, 1.82) is 0 Å². The van der Waals surface area contributed by atoms with Crippen LogP contribution >= 0.6 is 0 Å². The molecule has 0 spiro atoms. The zero-order valence-corrected chi connectivity index (χ0v) is 14.0. The molecular weight excluding hydrogens is 256 g/mol. The summed E-state index contributed by atoms with van der Waals surface area (Å²) in [6, 6.07) is 0. The molecule has 0 N–H and O–H groups in total. The summed E-state index contributed by atoms with van der Waals surface area (Å²) in [4.78, 5) is 11.9. The first kappa shape index (κ1) is 14.0. The van der Waals surface area contributed by atoms with Crippen LogP contribution in [-0.2, 0) is 4.79 Å². The first-order valence-electron chi connectivity index (χ1n) is 9.18. The molecule has 0 aromatic heterocycles. The Morgan fingerprint density at radius 2 is 1.90 bits per heavy atom. The summed E-state index contributed by atoms with van der Waals surface area (Å²) in [5.74, 6) is 3.89. The van der Waals surface area contributed by atoms with Gasteiger partial charge in [-0.25, -0.2) is 0 Å². The maximum Gasteiger partial charge on any atom is 0.155 e. The molecule has 4 aliphatic rings. The summed E-state index contributed by atoms with van der Waals surface area (Å²) in [7, 11) is 0. The quantitative estimate of drug-likeness (QED) is 0.601. The maximum absolute atomic E-state index is 11.9. The summed E-state index contributed by atoms with van der Waals surface area (Å²) in [5, 5.41) is 0. The van der Waals surface area contributed by atoms with E-state index in [2.05, 4.69) is 20.8 Å². The van der Waals surface area contributed by atoms with Crippen LogP contribution in [0.3, 0.4) is 0 Å². The third-order valence-corrected chi connectivity index (χ3v) is 8.09. The van der Waals surface area contributed by atoms with Crippen LogP contribution in [0, 0.1) is 34.5 Å². The molecule has 1 heteroatoms. The van der Waals surface area contributed by atoms with E-state index in [1.54, 1.807) is 0 Å². The average molecular weight is 286 g/mol. The highest BCUT2D eigenvalue weighted by molar-refractivity contribution is 5.91. The van der Waals surface area contributed by atoms with Crippen molar-refractivity contribution in [3.05, 3.63) is 11.6 Å². The fraction of sp³-hybridized carbons (Fsp3) is 0.850. The molecule has 3 saturated carbocycles. The minimum Gasteiger partial charge on any atom is -0.295 e. The zero-order valence-electron chi connectivity index (χ0n) is 14.0. The van der Waals surface area contributed by atoms with Gasteiger partial charge in [-0.05, 0) is 79.1 Å². The minimum absolute atomic E-state index is 0.342. The molecule has 3 unspecified atom stereocenters. The van der Waals surface area contributed by atoms with Gasteiger partial charge in [-0.2, -0.15) is 0 Å². The molecule has 116 valence electrons. The average Bonchev–Trinajstić information content (AvgIpc) is 2.82. The van der Waals surface area contributed by atoms with Gasteiger partial charge in [0.05, 0.1) is 0 Å². The van der Waals surface area contributed by atoms with Crippen LogP contribution in [0.15, 0.2) is 11.6 Å². The van der Waals surface area contributed by atoms with Gasteiger partial charge < -0.3 is 0 Å². The lowest BCUT2D eigenvalue weighted by molar-refractivity contribution is -0.118. The summed E-state index contributed by atoms with van der Waals surface area (Å²) in [5.41, 5.74) is 2.49. The standard InChI is InChI=1S/C20H30O/c1-13-11-14-12-15(21)6-10-20(14,3)17-7-9-19(2)8-4-5-16(19)18(13)17/h12-13,16-18H,4-11H2,1-3H3/t13-,16?,17?,18?,19+,20+/m1/s1. The van der Waals surface area contributed by atoms with Crippen molar-refractivity contribution in [1.82, 2.24) is 0 Å². The summed E-state index contributed by atoms with van der Waals surface area (Å²) >= 11 is 0. The first-order chi connectivity index (χ1) is 9.94. The number of allylic oxidation sites excluding steroid dienone is 1. The third kappa shape index (κ3) is 1.85. The van der Waals surface area contributed by atoms with E-state index in [9.17, 15) is 4.79 Å². The molecule has 3 fully saturated rings. The second-order valence-electron chi connectivity index (χ2n) is 9.11. The molecule has 4 aliphatic carbocycles. The van der Waals surface area contributed by atoms with Crippen molar-refractivity contribution in [2.75, 3.05) is 0 Å². The number of hydrogen-bond donors (Lipinski definition) is 0. The normalized spacial score (nSPS) is 52.7. The largest absolute Gasteiger partial charge is 0.295 e. The first-order valence-corrected chi connectivity index (χ1v) is 9.18. The Hall–Kier alpha value is -0.590. The van der Waals surface area contributed by atoms with Gasteiger partial charge in [0, 0.05) is 6.42 Å². The van der Waals surface area contributed by atoms with E-state index < -0.39 is 0 Å². The van der Waals surface area contributed by atoms with Crippen molar-refractivity contribution in [2.45, 2.75) is 72.1 Å². The molecule has 0 amide bonds. The molecule has 21 heavy (non-hydrogen) atoms. The molecule has 0 saturated heterocycles. The predicted octanol–water partition coefficient (Wildman–Crippen LogP) is 5.15. The molecule has 4 rings (SSSR count). The van der Waals surface area contributed by atoms with E-state index in [1.165, 1.54) is 44.1 Å². The number of ketones is 1. The lowest BCUT2D eigenvalue weighted by atomic mass is 9.45. The second-order valence-corrected chi connectivity index (χ2v) is 9.11. The summed E-state index contributed by atoms with van der Waals surface area (Å²) in [6.45, 7) is 7.54. The van der Waals surface area contributed by atoms with Gasteiger partial charge in [-0.3, -0.25) is 4.79 Å². The number of fused-ring (bicyclic) bond motifs is 5. The second kappa shape index (κ2) is 4.46. The van der Waals surface area contributed by atoms with Crippen LogP contribution in [-0.4, -0.2) is 5.78 Å². The van der Waals surface area contributed by atoms with Crippen LogP contribution < -0.4 is 0 Å². The van der Waals surface area contributed by atoms with Crippen molar-refractivity contribution in [3.8, 4) is 0 Å². The number of hydrogen-bond acceptors (Lipinski definition) is 1. The van der Waals surface area contributed by atoms with Crippen molar-refractivity contribution in [3.63, 3.8) is 0 Å². The molecule has 1 nitrogen and oxygen atoms in total. The van der Waals surface area contributed by atoms with Crippen LogP contribution in [0.25, 0.3) is 0 Å². The summed E-state index contributed by atoms with van der Waals surface area (Å²) < 4.78 is 0. The van der Waals surface area contributed by atoms with Crippen LogP contribution in [0.5, 0.6) is 0 Å². The van der Waals surface area contributed by atoms with Crippen molar-refractivity contribution < 1.29 is 4.79 Å². The van der Waals surface area contributed by atoms with Gasteiger partial charge in [-0.15, -0.1) is 0 Å². The van der Waals surface area contributed by atoms with Gasteiger partial charge in [0.2, 0.25) is 0 Å². The Bertz CT molecular complexity index is 504. The Morgan fingerprint density at radius 3 is 2.71 bits per heavy atom. The van der Waals surface area contributed by atoms with E-state index in [0.717, 1.165) is 36.5 Å². The van der Waals surface area contributed by atoms with Crippen LogP contribution in [0.2, 0.25) is 0 Å². The van der Waals surface area contributed by atoms with Gasteiger partial charge in [-0.1, -0.05) is 32.8 Å². The molecule has 0 heterocycles. The van der Waals surface area contributed by atoms with Gasteiger partial charge in [0.15, 0.2) is 5.78 Å². The Labute approximate surface area is 129 Å². The zero-order chi connectivity index (χ0) is 14.8. The van der Waals surface area contributed by atoms with E-state index in [4.69, 9.17) is 0 Å². The highest BCUT2D eigenvalue weighted by atomic mass is 16.1. The highest BCUT2D eigenvalue weighted by Gasteiger charge is 2.57. The fourth-order valence-electron chi connectivity index (χ4n) is 6.90. The van der Waals surface area contributed by atoms with E-state index >= 15 is 0 Å². The Balaban J connectivity index is 1.74. The highest BCUT2D eigenvalue weighted by Crippen LogP contribution is 2.66. The minimum atomic E-state index is 0.342. The lowest BCUT2D eigenvalue weighted by Gasteiger charge is -2.59. The molecule has 0 aromatic rings. The Kier molecular flexibility index (Phi) is 2.98. The molecular formula is C20H30O. The number of carbonyl (C=O) groups is 1. The number of carbonyl (C=O) groups excluding carboxylic acids is 1. The predicted molar refractivity (Wildman–Crippen MR) is 85.9 cm³/mol. The molecule has 0 radical (unpaired) electrons. The Morgan fingerprint density at radius 1 is 1.10 bits per heavy atom. The molecule has 6 atom stereocenters. The van der Waals surface area contributed by atoms with Crippen molar-refractivity contribution in [2.24, 2.45) is 34.5 Å². The molecule has 0 aliphatic heterocycles. The lowest BCUT2D eigenvalue weighted by Crippen LogP contribution is -2.52. The van der Waals surface area contributed by atoms with Crippen LogP contribution in [0.4, 0.5) is 0 Å². The number of rotatable bonds is 0. The molecule has 0 aromatic carbocycles. The van der Waals surface area contributed by atoms with E-state index in [0.29, 0.717) is 16.6 Å². The van der Waals surface area contributed by atoms with E-state index in [1.807, 2.05) is 6.08 Å². The summed E-state index contributed by atoms with van der Waals surface area (Å²) in [6.07, 6.45) is 12.4. The molecule has 0 bridgehead atoms. The maximum atomic E-state index is 11.9. The monoisotopic (exact) mass is 286 g/mol. The SMILES string of the molecule is C[C@@H]1CC2=CC(=O)CC[C@]2(C)C2CC[C@]3(C)CCCC3C21. The van der Waals surface area contributed by atoms with Gasteiger partial charge >= 0.3 is 0 Å². The smallest absolute Gasteiger partial charge is 0.155 e. The van der Waals surface area contributed by atoms with Crippen LogP contribution in [0.1, 0.15) is 72.1 Å². The van der Waals surface area contributed by atoms with Gasteiger partial charge in [0.1, 0.15) is 0 Å². The van der Waals surface area contributed by atoms with E-state index in [-0.39, 0.29) is 0 Å². The van der Waals surface area contributed by atoms with Crippen molar-refractivity contribution >= 4 is 5.78 Å². The van der Waals surface area contributed by atoms with Gasteiger partial charge in [0.25, 0.3) is 0 Å². The fourth-order valence-corrected chi connectivity index (χ4v) is 6.90. The topological polar surface area (TPSA) is 17.1 Å². The third-order valence-electron chi connectivity index (χ3n) is 8.09.